The molecule has 5 N–H and O–H groups in total. The number of nitrogen functional groups attached to an aromatic ring is 1. The van der Waals surface area contributed by atoms with E-state index in [2.05, 4.69) is 5.73 Å². The second-order valence-electron chi connectivity index (χ2n) is 1.98. The summed E-state index contributed by atoms with van der Waals surface area (Å²) in [6.45, 7) is 0. The lowest BCUT2D eigenvalue weighted by Crippen LogP contribution is -2.05. The molecule has 0 radical (unpaired) electrons. The molecule has 1 aromatic carbocycles. The lowest BCUT2D eigenvalue weighted by molar-refractivity contribution is 0.382. The lowest BCUT2D eigenvalue weighted by atomic mass is 10.2. The lowest BCUT2D eigenvalue weighted by Gasteiger charge is -2.02. The number of hydrogen-bond donors (Lipinski definition) is 2. The van der Waals surface area contributed by atoms with Gasteiger partial charge in [-0.1, -0.05) is 0 Å². The van der Waals surface area contributed by atoms with Crippen LogP contribution in [0, 0.1) is 29.1 Å². The predicted molar refractivity (Wildman–Crippen MR) is 35.7 cm³/mol. The summed E-state index contributed by atoms with van der Waals surface area (Å²) < 4.78 is 61.1. The molecule has 2 nitrogen and oxygen atoms in total. The monoisotopic (exact) mass is 200 g/mol. The average molecular weight is 200 g/mol. The standard InChI is InChI=1S/C6H2F5N.H3N/c7-1-2(8)4(10)6(12)5(11)3(1)9;/h12H2;1H3. The van der Waals surface area contributed by atoms with E-state index in [4.69, 9.17) is 0 Å². The van der Waals surface area contributed by atoms with Crippen LogP contribution in [0.1, 0.15) is 0 Å². The Hall–Kier alpha value is -1.37. The second kappa shape index (κ2) is 3.56. The zero-order valence-corrected chi connectivity index (χ0v) is 6.17. The molecule has 0 heterocycles. The Labute approximate surface area is 69.7 Å². The van der Waals surface area contributed by atoms with E-state index in [1.54, 1.807) is 0 Å². The van der Waals surface area contributed by atoms with Crippen molar-refractivity contribution in [1.82, 2.24) is 6.15 Å². The van der Waals surface area contributed by atoms with Gasteiger partial charge in [-0.05, 0) is 0 Å². The summed E-state index contributed by atoms with van der Waals surface area (Å²) in [5.41, 5.74) is 3.19. The first-order chi connectivity index (χ1) is 5.46. The predicted octanol–water partition coefficient (Wildman–Crippen LogP) is 2.13. The minimum atomic E-state index is -2.21. The quantitative estimate of drug-likeness (QED) is 0.291. The van der Waals surface area contributed by atoms with Crippen LogP contribution in [0.2, 0.25) is 0 Å². The molecule has 1 rings (SSSR count). The molecule has 0 aromatic heterocycles. The number of anilines is 1. The van der Waals surface area contributed by atoms with Gasteiger partial charge in [0.15, 0.2) is 23.3 Å². The van der Waals surface area contributed by atoms with E-state index >= 15 is 0 Å². The molecule has 0 spiro atoms. The van der Waals surface area contributed by atoms with Crippen molar-refractivity contribution < 1.29 is 22.0 Å². The highest BCUT2D eigenvalue weighted by atomic mass is 19.2. The van der Waals surface area contributed by atoms with Crippen molar-refractivity contribution in [3.05, 3.63) is 29.1 Å². The molecular weight excluding hydrogens is 195 g/mol. The third kappa shape index (κ3) is 1.55. The number of benzene rings is 1. The fourth-order valence-corrected chi connectivity index (χ4v) is 0.622. The summed E-state index contributed by atoms with van der Waals surface area (Å²) >= 11 is 0. The summed E-state index contributed by atoms with van der Waals surface area (Å²) in [5, 5.41) is 0. The Kier molecular flexibility index (Phi) is 3.19. The van der Waals surface area contributed by atoms with Crippen LogP contribution in [-0.4, -0.2) is 0 Å². The largest absolute Gasteiger partial charge is 0.394 e. The molecule has 7 heteroatoms. The summed E-state index contributed by atoms with van der Waals surface area (Å²) in [6, 6.07) is 0. The van der Waals surface area contributed by atoms with E-state index in [1.165, 1.54) is 0 Å². The van der Waals surface area contributed by atoms with Gasteiger partial charge in [-0.15, -0.1) is 0 Å². The van der Waals surface area contributed by atoms with Gasteiger partial charge in [0.05, 0.1) is 0 Å². The molecule has 0 aliphatic heterocycles. The van der Waals surface area contributed by atoms with Crippen LogP contribution in [-0.2, 0) is 0 Å². The van der Waals surface area contributed by atoms with E-state index in [0.717, 1.165) is 0 Å². The minimum absolute atomic E-state index is 0. The molecule has 0 aliphatic carbocycles. The van der Waals surface area contributed by atoms with E-state index in [-0.39, 0.29) is 6.15 Å². The molecule has 0 aliphatic rings. The topological polar surface area (TPSA) is 61.0 Å². The van der Waals surface area contributed by atoms with Crippen LogP contribution in [0.25, 0.3) is 0 Å². The molecule has 0 fully saturated rings. The molecule has 0 saturated carbocycles. The molecule has 13 heavy (non-hydrogen) atoms. The summed E-state index contributed by atoms with van der Waals surface area (Å²) in [6.07, 6.45) is 0. The number of halogens is 5. The fourth-order valence-electron chi connectivity index (χ4n) is 0.622. The van der Waals surface area contributed by atoms with Gasteiger partial charge < -0.3 is 11.9 Å². The highest BCUT2D eigenvalue weighted by molar-refractivity contribution is 5.42. The Bertz CT molecular complexity index is 233. The summed E-state index contributed by atoms with van der Waals surface area (Å²) in [5.74, 6) is -10.3. The SMILES string of the molecule is N.Nc1c(F)c(F)c(F)c(F)c1F. The van der Waals surface area contributed by atoms with Gasteiger partial charge in [-0.2, -0.15) is 0 Å². The fraction of sp³-hybridized carbons (Fsp3) is 0. The Morgan fingerprint density at radius 1 is 0.615 bits per heavy atom. The maximum atomic E-state index is 12.3. The van der Waals surface area contributed by atoms with Crippen molar-refractivity contribution in [3.8, 4) is 0 Å². The van der Waals surface area contributed by atoms with Gasteiger partial charge in [-0.3, -0.25) is 0 Å². The zero-order chi connectivity index (χ0) is 9.46. The van der Waals surface area contributed by atoms with Crippen LogP contribution in [0.15, 0.2) is 0 Å². The maximum absolute atomic E-state index is 12.3. The Morgan fingerprint density at radius 3 is 1.15 bits per heavy atom. The van der Waals surface area contributed by atoms with Gasteiger partial charge in [0.2, 0.25) is 5.82 Å². The first-order valence-electron chi connectivity index (χ1n) is 2.73. The Morgan fingerprint density at radius 2 is 0.846 bits per heavy atom. The normalized spacial score (nSPS) is 9.62. The van der Waals surface area contributed by atoms with E-state index in [1.807, 2.05) is 0 Å². The van der Waals surface area contributed by atoms with Crippen molar-refractivity contribution in [2.45, 2.75) is 0 Å². The van der Waals surface area contributed by atoms with Crippen molar-refractivity contribution in [2.75, 3.05) is 5.73 Å². The average Bonchev–Trinajstić information content (AvgIpc) is 2.08. The number of rotatable bonds is 0. The molecular formula is C6H5F5N2. The van der Waals surface area contributed by atoms with Gasteiger partial charge in [0, 0.05) is 0 Å². The Balaban J connectivity index is 0.00000144. The number of nitrogens with two attached hydrogens (primary N) is 1. The first-order valence-corrected chi connectivity index (χ1v) is 2.73. The summed E-state index contributed by atoms with van der Waals surface area (Å²) in [4.78, 5) is 0. The highest BCUT2D eigenvalue weighted by Gasteiger charge is 2.23. The molecule has 1 aromatic rings. The molecule has 0 atom stereocenters. The molecule has 0 amide bonds. The summed E-state index contributed by atoms with van der Waals surface area (Å²) in [7, 11) is 0. The van der Waals surface area contributed by atoms with Crippen LogP contribution >= 0.6 is 0 Å². The van der Waals surface area contributed by atoms with E-state index in [0.29, 0.717) is 0 Å². The van der Waals surface area contributed by atoms with Gasteiger partial charge in [-0.25, -0.2) is 22.0 Å². The highest BCUT2D eigenvalue weighted by Crippen LogP contribution is 2.23. The van der Waals surface area contributed by atoms with Crippen molar-refractivity contribution in [2.24, 2.45) is 0 Å². The zero-order valence-electron chi connectivity index (χ0n) is 6.17. The number of hydrogen-bond acceptors (Lipinski definition) is 2. The first kappa shape index (κ1) is 11.6. The van der Waals surface area contributed by atoms with Gasteiger partial charge in [0.25, 0.3) is 0 Å². The van der Waals surface area contributed by atoms with Crippen LogP contribution in [0.4, 0.5) is 27.6 Å². The molecule has 0 unspecified atom stereocenters. The third-order valence-electron chi connectivity index (χ3n) is 1.24. The molecule has 74 valence electrons. The minimum Gasteiger partial charge on any atom is -0.394 e. The molecule has 0 bridgehead atoms. The molecule has 0 saturated heterocycles. The maximum Gasteiger partial charge on any atom is 0.200 e. The van der Waals surface area contributed by atoms with Crippen molar-refractivity contribution >= 4 is 5.69 Å². The van der Waals surface area contributed by atoms with Crippen LogP contribution < -0.4 is 11.9 Å². The van der Waals surface area contributed by atoms with Crippen molar-refractivity contribution in [3.63, 3.8) is 0 Å². The van der Waals surface area contributed by atoms with E-state index in [9.17, 15) is 22.0 Å². The smallest absolute Gasteiger partial charge is 0.200 e. The second-order valence-corrected chi connectivity index (χ2v) is 1.98. The van der Waals surface area contributed by atoms with Gasteiger partial charge >= 0.3 is 0 Å². The van der Waals surface area contributed by atoms with Gasteiger partial charge in [0.1, 0.15) is 5.69 Å². The third-order valence-corrected chi connectivity index (χ3v) is 1.24. The van der Waals surface area contributed by atoms with Crippen LogP contribution in [0.3, 0.4) is 0 Å². The van der Waals surface area contributed by atoms with Crippen LogP contribution in [0.5, 0.6) is 0 Å². The van der Waals surface area contributed by atoms with Crippen molar-refractivity contribution in [1.29, 1.82) is 0 Å². The van der Waals surface area contributed by atoms with E-state index < -0.39 is 34.8 Å².